The first kappa shape index (κ1) is 17.5. The third-order valence-corrected chi connectivity index (χ3v) is 4.44. The number of ether oxygens (including phenoxy) is 2. The summed E-state index contributed by atoms with van der Waals surface area (Å²) >= 11 is 0. The number of benzene rings is 2. The van der Waals surface area contributed by atoms with E-state index in [2.05, 4.69) is 0 Å². The van der Waals surface area contributed by atoms with Gasteiger partial charge in [0.15, 0.2) is 0 Å². The minimum Gasteiger partial charge on any atom is -0.497 e. The number of nitrogens with zero attached hydrogens (tertiary/aromatic N) is 2. The Balaban J connectivity index is 2.37. The highest BCUT2D eigenvalue weighted by atomic mass is 16.5. The molecule has 3 rings (SSSR count). The molecule has 6 heteroatoms. The fraction of sp³-hybridized carbons (Fsp3) is 0.200. The predicted molar refractivity (Wildman–Crippen MR) is 98.4 cm³/mol. The molecule has 1 aromatic heterocycles. The van der Waals surface area contributed by atoms with Crippen LogP contribution in [0.5, 0.6) is 11.5 Å². The monoisotopic (exact) mass is 353 g/mol. The second-order valence-corrected chi connectivity index (χ2v) is 5.91. The van der Waals surface area contributed by atoms with Crippen molar-refractivity contribution in [3.8, 4) is 34.0 Å². The first-order valence-electron chi connectivity index (χ1n) is 8.15. The minimum absolute atomic E-state index is 0.316. The normalized spacial score (nSPS) is 10.6. The molecule has 134 valence electrons. The van der Waals surface area contributed by atoms with Crippen LogP contribution in [0, 0.1) is 18.8 Å². The van der Waals surface area contributed by atoms with E-state index in [1.807, 2.05) is 30.3 Å². The average molecular weight is 353 g/mol. The lowest BCUT2D eigenvalue weighted by atomic mass is 10.0. The van der Waals surface area contributed by atoms with Gasteiger partial charge < -0.3 is 14.7 Å². The van der Waals surface area contributed by atoms with Gasteiger partial charge in [0.1, 0.15) is 22.9 Å². The molecule has 1 heterocycles. The Hall–Kier alpha value is -3.28. The maximum atomic E-state index is 13.3. The van der Waals surface area contributed by atoms with E-state index in [-0.39, 0.29) is 0 Å². The molecule has 0 radical (unpaired) electrons. The molecule has 0 saturated heterocycles. The Morgan fingerprint density at radius 1 is 0.923 bits per heavy atom. The van der Waals surface area contributed by atoms with Gasteiger partial charge in [-0.3, -0.25) is 0 Å². The fourth-order valence-corrected chi connectivity index (χ4v) is 3.08. The van der Waals surface area contributed by atoms with Crippen LogP contribution in [0.2, 0.25) is 0 Å². The van der Waals surface area contributed by atoms with E-state index in [1.165, 1.54) is 7.11 Å². The second-order valence-electron chi connectivity index (χ2n) is 5.91. The van der Waals surface area contributed by atoms with E-state index >= 15 is 0 Å². The molecule has 0 spiro atoms. The van der Waals surface area contributed by atoms with Crippen LogP contribution in [0.4, 0.5) is 0 Å². The molecule has 0 aliphatic carbocycles. The molecule has 2 aromatic carbocycles. The first-order chi connectivity index (χ1) is 12.5. The second kappa shape index (κ2) is 6.92. The quantitative estimate of drug-likeness (QED) is 0.575. The summed E-state index contributed by atoms with van der Waals surface area (Å²) in [6.07, 6.45) is 0. The van der Waals surface area contributed by atoms with Crippen LogP contribution in [0.25, 0.3) is 22.5 Å². The van der Waals surface area contributed by atoms with Crippen LogP contribution in [-0.4, -0.2) is 24.2 Å². The zero-order valence-corrected chi connectivity index (χ0v) is 15.2. The largest absolute Gasteiger partial charge is 0.497 e. The minimum atomic E-state index is 0.316. The van der Waals surface area contributed by atoms with Crippen LogP contribution in [-0.2, 0) is 0 Å². The van der Waals surface area contributed by atoms with Crippen molar-refractivity contribution in [2.45, 2.75) is 13.8 Å². The Morgan fingerprint density at radius 3 is 2.19 bits per heavy atom. The van der Waals surface area contributed by atoms with E-state index in [9.17, 15) is 10.1 Å². The Bertz CT molecular complexity index is 1010. The lowest BCUT2D eigenvalue weighted by molar-refractivity contribution is -0.472. The average Bonchev–Trinajstić information content (AvgIpc) is 2.67. The molecule has 0 bridgehead atoms. The molecular formula is C20H21N2O4+. The molecular weight excluding hydrogens is 332 g/mol. The van der Waals surface area contributed by atoms with Crippen LogP contribution < -0.4 is 13.9 Å². The van der Waals surface area contributed by atoms with Gasteiger partial charge in [-0.25, -0.2) is 0 Å². The number of aromatic nitrogens is 2. The maximum Gasteiger partial charge on any atom is 0.297 e. The maximum absolute atomic E-state index is 13.3. The van der Waals surface area contributed by atoms with Gasteiger partial charge in [0.05, 0.1) is 29.8 Å². The van der Waals surface area contributed by atoms with Gasteiger partial charge in [0, 0.05) is 11.0 Å². The van der Waals surface area contributed by atoms with Crippen LogP contribution >= 0.6 is 0 Å². The molecule has 26 heavy (non-hydrogen) atoms. The van der Waals surface area contributed by atoms with Crippen LogP contribution in [0.3, 0.4) is 0 Å². The summed E-state index contributed by atoms with van der Waals surface area (Å²) in [4.78, 5) is 13.3. The van der Waals surface area contributed by atoms with E-state index in [0.717, 1.165) is 14.7 Å². The highest BCUT2D eigenvalue weighted by Crippen LogP contribution is 2.34. The van der Waals surface area contributed by atoms with Crippen molar-refractivity contribution in [2.24, 2.45) is 0 Å². The van der Waals surface area contributed by atoms with Crippen molar-refractivity contribution in [2.75, 3.05) is 14.2 Å². The first-order valence-corrected chi connectivity index (χ1v) is 8.15. The zero-order chi connectivity index (χ0) is 18.8. The molecule has 0 amide bonds. The topological polar surface area (TPSA) is 66.6 Å². The van der Waals surface area contributed by atoms with E-state index in [4.69, 9.17) is 9.47 Å². The Labute approximate surface area is 151 Å². The van der Waals surface area contributed by atoms with Crippen molar-refractivity contribution in [3.05, 3.63) is 64.8 Å². The van der Waals surface area contributed by atoms with Gasteiger partial charge in [-0.05, 0) is 38.1 Å². The Morgan fingerprint density at radius 2 is 1.58 bits per heavy atom. The van der Waals surface area contributed by atoms with Gasteiger partial charge >= 0.3 is 0 Å². The van der Waals surface area contributed by atoms with E-state index in [0.29, 0.717) is 39.8 Å². The van der Waals surface area contributed by atoms with Gasteiger partial charge in [0.2, 0.25) is 0 Å². The molecule has 3 aromatic rings. The summed E-state index contributed by atoms with van der Waals surface area (Å²) in [5.41, 5.74) is 2.86. The molecule has 0 aliphatic rings. The number of methoxy groups -OCH3 is 2. The third-order valence-electron chi connectivity index (χ3n) is 4.44. The number of hydrogen-bond acceptors (Lipinski definition) is 4. The van der Waals surface area contributed by atoms with E-state index in [1.54, 1.807) is 39.2 Å². The summed E-state index contributed by atoms with van der Waals surface area (Å²) in [6, 6.07) is 14.5. The van der Waals surface area contributed by atoms with Crippen molar-refractivity contribution < 1.29 is 19.1 Å². The number of rotatable bonds is 4. The van der Waals surface area contributed by atoms with Gasteiger partial charge in [-0.15, -0.1) is 0 Å². The Kier molecular flexibility index (Phi) is 4.67. The van der Waals surface area contributed by atoms with Crippen LogP contribution in [0.15, 0.2) is 48.5 Å². The molecule has 0 aliphatic heterocycles. The van der Waals surface area contributed by atoms with Crippen molar-refractivity contribution in [3.63, 3.8) is 0 Å². The lowest BCUT2D eigenvalue weighted by Gasteiger charge is -2.12. The predicted octanol–water partition coefficient (Wildman–Crippen LogP) is 3.61. The lowest BCUT2D eigenvalue weighted by Crippen LogP contribution is -2.28. The summed E-state index contributed by atoms with van der Waals surface area (Å²) in [6.45, 7) is 3.40. The van der Waals surface area contributed by atoms with Crippen molar-refractivity contribution >= 4 is 0 Å². The molecule has 1 N–H and O–H groups in total. The van der Waals surface area contributed by atoms with Crippen LogP contribution in [0.1, 0.15) is 11.4 Å². The molecule has 0 fully saturated rings. The van der Waals surface area contributed by atoms with Gasteiger partial charge in [-0.2, -0.15) is 4.73 Å². The standard InChI is InChI=1S/C20H21N2O4/c1-13-19(15-8-6-5-7-9-15)22(24)20(14(2)21(13)23)17-11-10-16(25-3)12-18(17)26-4/h5-12,23H,1-4H3/q+1. The zero-order valence-electron chi connectivity index (χ0n) is 15.2. The summed E-state index contributed by atoms with van der Waals surface area (Å²) in [7, 11) is 3.09. The third kappa shape index (κ3) is 2.79. The summed E-state index contributed by atoms with van der Waals surface area (Å²) in [5, 5.41) is 10.6. The molecule has 0 atom stereocenters. The van der Waals surface area contributed by atoms with Gasteiger partial charge in [-0.1, -0.05) is 18.2 Å². The van der Waals surface area contributed by atoms with Gasteiger partial charge in [0.25, 0.3) is 11.4 Å². The summed E-state index contributed by atoms with van der Waals surface area (Å²) < 4.78 is 12.6. The molecule has 0 unspecified atom stereocenters. The SMILES string of the molecule is COc1ccc(-c2c(C)n(O)c(C)c(-c3ccccc3)[n+]2=O)c(OC)c1. The highest BCUT2D eigenvalue weighted by Gasteiger charge is 2.30. The number of hydrogen-bond donors (Lipinski definition) is 1. The smallest absolute Gasteiger partial charge is 0.297 e. The highest BCUT2D eigenvalue weighted by molar-refractivity contribution is 5.70. The van der Waals surface area contributed by atoms with E-state index < -0.39 is 0 Å². The van der Waals surface area contributed by atoms with Crippen molar-refractivity contribution in [1.29, 1.82) is 0 Å². The fourth-order valence-electron chi connectivity index (χ4n) is 3.08. The molecule has 6 nitrogen and oxygen atoms in total. The molecule has 0 saturated carbocycles. The summed E-state index contributed by atoms with van der Waals surface area (Å²) in [5.74, 6) is 1.10. The van der Waals surface area contributed by atoms with Crippen molar-refractivity contribution in [1.82, 2.24) is 4.73 Å².